The fraction of sp³-hybridized carbons (Fsp3) is 0.273. The van der Waals surface area contributed by atoms with Crippen molar-refractivity contribution >= 4 is 5.91 Å². The predicted molar refractivity (Wildman–Crippen MR) is 104 cm³/mol. The fourth-order valence-corrected chi connectivity index (χ4v) is 2.50. The molecule has 0 heterocycles. The summed E-state index contributed by atoms with van der Waals surface area (Å²) in [6.07, 6.45) is 1.66. The van der Waals surface area contributed by atoms with E-state index >= 15 is 0 Å². The van der Waals surface area contributed by atoms with Gasteiger partial charge in [0.1, 0.15) is 11.6 Å². The molecule has 0 aliphatic carbocycles. The van der Waals surface area contributed by atoms with Gasteiger partial charge in [-0.15, -0.1) is 0 Å². The monoisotopic (exact) mass is 347 g/mol. The Morgan fingerprint density at radius 3 is 1.96 bits per heavy atom. The van der Waals surface area contributed by atoms with Crippen molar-refractivity contribution in [3.05, 3.63) is 83.6 Å². The van der Waals surface area contributed by atoms with Gasteiger partial charge in [0.2, 0.25) is 0 Å². The van der Waals surface area contributed by atoms with Crippen molar-refractivity contribution in [3.8, 4) is 6.07 Å². The standard InChI is InChI=1S/C22H25N3O/c1-18(2)14-24-22(26)21(13-23)17-25(15-19-9-5-3-6-10-19)16-20-11-7-4-8-12-20/h3-12,17-18H,14-16H2,1-2H3,(H,24,26)/b21-17-. The third kappa shape index (κ3) is 6.45. The first-order valence-electron chi connectivity index (χ1n) is 8.80. The lowest BCUT2D eigenvalue weighted by Crippen LogP contribution is -2.29. The first kappa shape index (κ1) is 19.3. The molecule has 0 radical (unpaired) electrons. The summed E-state index contributed by atoms with van der Waals surface area (Å²) in [5.74, 6) is 0.0101. The summed E-state index contributed by atoms with van der Waals surface area (Å²) in [6, 6.07) is 22.1. The van der Waals surface area contributed by atoms with Crippen LogP contribution in [0.2, 0.25) is 0 Å². The molecule has 134 valence electrons. The zero-order valence-electron chi connectivity index (χ0n) is 15.4. The van der Waals surface area contributed by atoms with Gasteiger partial charge in [-0.1, -0.05) is 74.5 Å². The number of rotatable bonds is 8. The van der Waals surface area contributed by atoms with Crippen molar-refractivity contribution in [3.63, 3.8) is 0 Å². The van der Waals surface area contributed by atoms with Crippen LogP contribution in [0.15, 0.2) is 72.4 Å². The summed E-state index contributed by atoms with van der Waals surface area (Å²) < 4.78 is 0. The number of carbonyl (C=O) groups is 1. The second-order valence-electron chi connectivity index (χ2n) is 6.63. The van der Waals surface area contributed by atoms with E-state index in [9.17, 15) is 10.1 Å². The van der Waals surface area contributed by atoms with Gasteiger partial charge in [-0.25, -0.2) is 0 Å². The lowest BCUT2D eigenvalue weighted by atomic mass is 10.1. The molecular formula is C22H25N3O. The lowest BCUT2D eigenvalue weighted by Gasteiger charge is -2.21. The SMILES string of the molecule is CC(C)CNC(=O)/C(C#N)=C\N(Cc1ccccc1)Cc1ccccc1. The molecule has 0 atom stereocenters. The summed E-state index contributed by atoms with van der Waals surface area (Å²) in [4.78, 5) is 14.3. The zero-order valence-corrected chi connectivity index (χ0v) is 15.4. The van der Waals surface area contributed by atoms with Gasteiger partial charge in [0.15, 0.2) is 0 Å². The summed E-state index contributed by atoms with van der Waals surface area (Å²) in [7, 11) is 0. The number of nitrogens with one attached hydrogen (secondary N) is 1. The Kier molecular flexibility index (Phi) is 7.45. The molecule has 0 fully saturated rings. The van der Waals surface area contributed by atoms with E-state index in [1.165, 1.54) is 0 Å². The molecular weight excluding hydrogens is 322 g/mol. The molecule has 2 aromatic rings. The molecule has 2 rings (SSSR count). The molecule has 0 aromatic heterocycles. The van der Waals surface area contributed by atoms with Gasteiger partial charge in [0.05, 0.1) is 0 Å². The van der Waals surface area contributed by atoms with E-state index in [1.807, 2.05) is 85.5 Å². The molecule has 0 aliphatic rings. The first-order valence-corrected chi connectivity index (χ1v) is 8.80. The quantitative estimate of drug-likeness (QED) is 0.582. The molecule has 1 N–H and O–H groups in total. The largest absolute Gasteiger partial charge is 0.367 e. The van der Waals surface area contributed by atoms with E-state index in [1.54, 1.807) is 6.20 Å². The van der Waals surface area contributed by atoms with Crippen LogP contribution in [0.1, 0.15) is 25.0 Å². The Morgan fingerprint density at radius 2 is 1.54 bits per heavy atom. The number of nitriles is 1. The Hall–Kier alpha value is -3.06. The predicted octanol–water partition coefficient (Wildman–Crippen LogP) is 3.87. The number of benzene rings is 2. The Morgan fingerprint density at radius 1 is 1.04 bits per heavy atom. The van der Waals surface area contributed by atoms with E-state index in [-0.39, 0.29) is 11.5 Å². The molecule has 4 nitrogen and oxygen atoms in total. The van der Waals surface area contributed by atoms with Crippen LogP contribution in [-0.4, -0.2) is 17.4 Å². The minimum absolute atomic E-state index is 0.123. The topological polar surface area (TPSA) is 56.1 Å². The van der Waals surface area contributed by atoms with Gasteiger partial charge in [-0.05, 0) is 17.0 Å². The first-order chi connectivity index (χ1) is 12.6. The summed E-state index contributed by atoms with van der Waals surface area (Å²) in [5.41, 5.74) is 2.37. The number of hydrogen-bond acceptors (Lipinski definition) is 3. The maximum atomic E-state index is 12.3. The molecule has 4 heteroatoms. The van der Waals surface area contributed by atoms with E-state index in [4.69, 9.17) is 0 Å². The highest BCUT2D eigenvalue weighted by Gasteiger charge is 2.12. The third-order valence-electron chi connectivity index (χ3n) is 3.80. The smallest absolute Gasteiger partial charge is 0.263 e. The van der Waals surface area contributed by atoms with Gasteiger partial charge in [-0.2, -0.15) is 5.26 Å². The van der Waals surface area contributed by atoms with Crippen LogP contribution in [0.5, 0.6) is 0 Å². The summed E-state index contributed by atoms with van der Waals surface area (Å²) >= 11 is 0. The number of hydrogen-bond donors (Lipinski definition) is 1. The van der Waals surface area contributed by atoms with Gasteiger partial charge in [0.25, 0.3) is 5.91 Å². The molecule has 0 aliphatic heterocycles. The van der Waals surface area contributed by atoms with E-state index in [0.29, 0.717) is 25.6 Å². The highest BCUT2D eigenvalue weighted by Crippen LogP contribution is 2.12. The van der Waals surface area contributed by atoms with Crippen LogP contribution in [0.3, 0.4) is 0 Å². The minimum Gasteiger partial charge on any atom is -0.367 e. The number of carbonyl (C=O) groups excluding carboxylic acids is 1. The highest BCUT2D eigenvalue weighted by atomic mass is 16.1. The average Bonchev–Trinajstić information content (AvgIpc) is 2.65. The van der Waals surface area contributed by atoms with Crippen molar-refractivity contribution in [1.29, 1.82) is 5.26 Å². The number of nitrogens with zero attached hydrogens (tertiary/aromatic N) is 2. The van der Waals surface area contributed by atoms with Crippen molar-refractivity contribution in [1.82, 2.24) is 10.2 Å². The van der Waals surface area contributed by atoms with Gasteiger partial charge in [-0.3, -0.25) is 4.79 Å². The number of amides is 1. The molecule has 26 heavy (non-hydrogen) atoms. The fourth-order valence-electron chi connectivity index (χ4n) is 2.50. The third-order valence-corrected chi connectivity index (χ3v) is 3.80. The van der Waals surface area contributed by atoms with Crippen molar-refractivity contribution in [2.45, 2.75) is 26.9 Å². The molecule has 0 saturated carbocycles. The van der Waals surface area contributed by atoms with Crippen LogP contribution in [0.4, 0.5) is 0 Å². The lowest BCUT2D eigenvalue weighted by molar-refractivity contribution is -0.117. The van der Waals surface area contributed by atoms with E-state index < -0.39 is 0 Å². The molecule has 1 amide bonds. The second-order valence-corrected chi connectivity index (χ2v) is 6.63. The van der Waals surface area contributed by atoms with Crippen LogP contribution in [0.25, 0.3) is 0 Å². The van der Waals surface area contributed by atoms with Crippen molar-refractivity contribution in [2.24, 2.45) is 5.92 Å². The van der Waals surface area contributed by atoms with Crippen LogP contribution in [-0.2, 0) is 17.9 Å². The molecule has 0 spiro atoms. The van der Waals surface area contributed by atoms with Gasteiger partial charge >= 0.3 is 0 Å². The van der Waals surface area contributed by atoms with Crippen LogP contribution < -0.4 is 5.32 Å². The van der Waals surface area contributed by atoms with Gasteiger partial charge < -0.3 is 10.2 Å². The van der Waals surface area contributed by atoms with Gasteiger partial charge in [0, 0.05) is 25.8 Å². The zero-order chi connectivity index (χ0) is 18.8. The van der Waals surface area contributed by atoms with E-state index in [0.717, 1.165) is 11.1 Å². The Labute approximate surface area is 155 Å². The normalized spacial score (nSPS) is 11.1. The van der Waals surface area contributed by atoms with Crippen LogP contribution >= 0.6 is 0 Å². The Bertz CT molecular complexity index is 719. The second kappa shape index (κ2) is 10.0. The molecule has 0 bridgehead atoms. The molecule has 0 unspecified atom stereocenters. The summed E-state index contributed by atoms with van der Waals surface area (Å²) in [5, 5.41) is 12.2. The minimum atomic E-state index is -0.327. The summed E-state index contributed by atoms with van der Waals surface area (Å²) in [6.45, 7) is 5.84. The maximum Gasteiger partial charge on any atom is 0.263 e. The van der Waals surface area contributed by atoms with Crippen LogP contribution in [0, 0.1) is 17.2 Å². The van der Waals surface area contributed by atoms with Crippen molar-refractivity contribution in [2.75, 3.05) is 6.54 Å². The van der Waals surface area contributed by atoms with Crippen molar-refractivity contribution < 1.29 is 4.79 Å². The maximum absolute atomic E-state index is 12.3. The highest BCUT2D eigenvalue weighted by molar-refractivity contribution is 5.97. The van der Waals surface area contributed by atoms with E-state index in [2.05, 4.69) is 5.32 Å². The molecule has 2 aromatic carbocycles. The molecule has 0 saturated heterocycles. The Balaban J connectivity index is 2.20. The average molecular weight is 347 g/mol.